The number of hydrogen-bond donors (Lipinski definition) is 2. The molecule has 0 fully saturated rings. The van der Waals surface area contributed by atoms with Gasteiger partial charge >= 0.3 is 5.97 Å². The number of thiophene rings is 1. The fourth-order valence-corrected chi connectivity index (χ4v) is 3.48. The Morgan fingerprint density at radius 1 is 1.60 bits per heavy atom. The van der Waals surface area contributed by atoms with E-state index in [9.17, 15) is 14.7 Å². The number of rotatable bonds is 5. The van der Waals surface area contributed by atoms with E-state index in [1.807, 2.05) is 18.4 Å². The Labute approximate surface area is 122 Å². The molecule has 0 bridgehead atoms. The van der Waals surface area contributed by atoms with Gasteiger partial charge in [-0.05, 0) is 36.8 Å². The molecule has 0 saturated carbocycles. The van der Waals surface area contributed by atoms with E-state index < -0.39 is 18.1 Å². The maximum Gasteiger partial charge on any atom is 0.325 e. The number of aliphatic carboxylic acids is 1. The second kappa shape index (κ2) is 6.37. The number of amides is 1. The molecule has 1 aromatic heterocycles. The van der Waals surface area contributed by atoms with E-state index in [0.29, 0.717) is 13.1 Å². The Bertz CT molecular complexity index is 500. The molecule has 20 heavy (non-hydrogen) atoms. The van der Waals surface area contributed by atoms with Crippen LogP contribution in [0.3, 0.4) is 0 Å². The van der Waals surface area contributed by atoms with E-state index in [1.54, 1.807) is 23.2 Å². The summed E-state index contributed by atoms with van der Waals surface area (Å²) in [5.74, 6) is -0.990. The number of carboxylic acid groups (broad SMARTS) is 1. The minimum atomic E-state index is -0.889. The first-order valence-corrected chi connectivity index (χ1v) is 7.76. The third-order valence-electron chi connectivity index (χ3n) is 3.66. The Hall–Kier alpha value is -1.40. The number of nitrogens with zero attached hydrogens (tertiary/aromatic N) is 1. The van der Waals surface area contributed by atoms with Crippen LogP contribution in [0.2, 0.25) is 0 Å². The number of carbonyl (C=O) groups is 2. The van der Waals surface area contributed by atoms with Crippen LogP contribution in [-0.4, -0.2) is 41.0 Å². The van der Waals surface area contributed by atoms with Crippen molar-refractivity contribution in [2.24, 2.45) is 0 Å². The molecule has 0 spiro atoms. The van der Waals surface area contributed by atoms with Crippen molar-refractivity contribution in [2.45, 2.75) is 38.8 Å². The molecule has 1 aromatic rings. The zero-order chi connectivity index (χ0) is 14.7. The number of fused-ring (bicyclic) bond motifs is 1. The SMILES string of the molecule is CCCNC(=O)C(C)N1CCc2sccc2C1C(=O)O. The van der Waals surface area contributed by atoms with Crippen molar-refractivity contribution in [2.75, 3.05) is 13.1 Å². The summed E-state index contributed by atoms with van der Waals surface area (Å²) in [5.41, 5.74) is 0.837. The van der Waals surface area contributed by atoms with Crippen LogP contribution in [0.25, 0.3) is 0 Å². The maximum atomic E-state index is 12.1. The van der Waals surface area contributed by atoms with Crippen LogP contribution in [0.5, 0.6) is 0 Å². The zero-order valence-corrected chi connectivity index (χ0v) is 12.6. The molecule has 2 atom stereocenters. The van der Waals surface area contributed by atoms with Gasteiger partial charge in [0, 0.05) is 18.0 Å². The fourth-order valence-electron chi connectivity index (χ4n) is 2.57. The predicted molar refractivity (Wildman–Crippen MR) is 77.9 cm³/mol. The van der Waals surface area contributed by atoms with Crippen molar-refractivity contribution in [3.8, 4) is 0 Å². The molecule has 0 aromatic carbocycles. The van der Waals surface area contributed by atoms with E-state index in [-0.39, 0.29) is 5.91 Å². The molecule has 5 nitrogen and oxygen atoms in total. The van der Waals surface area contributed by atoms with Gasteiger partial charge in [0.2, 0.25) is 5.91 Å². The summed E-state index contributed by atoms with van der Waals surface area (Å²) < 4.78 is 0. The summed E-state index contributed by atoms with van der Waals surface area (Å²) in [7, 11) is 0. The summed E-state index contributed by atoms with van der Waals surface area (Å²) >= 11 is 1.59. The van der Waals surface area contributed by atoms with Crippen molar-refractivity contribution in [3.05, 3.63) is 21.9 Å². The van der Waals surface area contributed by atoms with Crippen molar-refractivity contribution >= 4 is 23.2 Å². The third-order valence-corrected chi connectivity index (χ3v) is 4.66. The van der Waals surface area contributed by atoms with Crippen LogP contribution in [0.4, 0.5) is 0 Å². The van der Waals surface area contributed by atoms with E-state index >= 15 is 0 Å². The second-order valence-electron chi connectivity index (χ2n) is 4.99. The minimum Gasteiger partial charge on any atom is -0.480 e. The Morgan fingerprint density at radius 2 is 2.35 bits per heavy atom. The summed E-state index contributed by atoms with van der Waals surface area (Å²) in [5, 5.41) is 14.3. The van der Waals surface area contributed by atoms with Gasteiger partial charge in [0.15, 0.2) is 0 Å². The molecular weight excluding hydrogens is 276 g/mol. The van der Waals surface area contributed by atoms with Crippen LogP contribution >= 0.6 is 11.3 Å². The predicted octanol–water partition coefficient (Wildman–Crippen LogP) is 1.65. The maximum absolute atomic E-state index is 12.1. The van der Waals surface area contributed by atoms with Gasteiger partial charge in [-0.15, -0.1) is 11.3 Å². The van der Waals surface area contributed by atoms with Crippen LogP contribution in [0, 0.1) is 0 Å². The van der Waals surface area contributed by atoms with E-state index in [2.05, 4.69) is 5.32 Å². The zero-order valence-electron chi connectivity index (χ0n) is 11.8. The first kappa shape index (κ1) is 15.0. The van der Waals surface area contributed by atoms with E-state index in [0.717, 1.165) is 23.3 Å². The van der Waals surface area contributed by atoms with Crippen molar-refractivity contribution < 1.29 is 14.7 Å². The summed E-state index contributed by atoms with van der Waals surface area (Å²) in [6.45, 7) is 4.99. The van der Waals surface area contributed by atoms with E-state index in [1.165, 1.54) is 0 Å². The summed E-state index contributed by atoms with van der Waals surface area (Å²) in [6, 6.07) is 0.713. The average Bonchev–Trinajstić information content (AvgIpc) is 2.90. The molecule has 110 valence electrons. The van der Waals surface area contributed by atoms with Gasteiger partial charge in [-0.25, -0.2) is 0 Å². The van der Waals surface area contributed by atoms with Crippen molar-refractivity contribution in [1.29, 1.82) is 0 Å². The molecule has 2 unspecified atom stereocenters. The molecule has 1 aliphatic heterocycles. The van der Waals surface area contributed by atoms with Gasteiger partial charge in [-0.1, -0.05) is 6.92 Å². The van der Waals surface area contributed by atoms with Crippen LogP contribution in [-0.2, 0) is 16.0 Å². The van der Waals surface area contributed by atoms with E-state index in [4.69, 9.17) is 0 Å². The minimum absolute atomic E-state index is 0.100. The molecule has 1 aliphatic rings. The molecule has 0 radical (unpaired) electrons. The van der Waals surface area contributed by atoms with Crippen LogP contribution in [0.15, 0.2) is 11.4 Å². The highest BCUT2D eigenvalue weighted by molar-refractivity contribution is 7.10. The van der Waals surface area contributed by atoms with Gasteiger partial charge in [0.05, 0.1) is 6.04 Å². The lowest BCUT2D eigenvalue weighted by Gasteiger charge is -2.36. The smallest absolute Gasteiger partial charge is 0.325 e. The van der Waals surface area contributed by atoms with Gasteiger partial charge in [0.1, 0.15) is 6.04 Å². The third kappa shape index (κ3) is 2.86. The molecule has 2 N–H and O–H groups in total. The van der Waals surface area contributed by atoms with Crippen molar-refractivity contribution in [3.63, 3.8) is 0 Å². The lowest BCUT2D eigenvalue weighted by Crippen LogP contribution is -2.51. The van der Waals surface area contributed by atoms with Crippen LogP contribution in [0.1, 0.15) is 36.8 Å². The highest BCUT2D eigenvalue weighted by Crippen LogP contribution is 2.34. The molecule has 6 heteroatoms. The monoisotopic (exact) mass is 296 g/mol. The van der Waals surface area contributed by atoms with Crippen molar-refractivity contribution in [1.82, 2.24) is 10.2 Å². The molecule has 2 heterocycles. The van der Waals surface area contributed by atoms with Gasteiger partial charge in [-0.2, -0.15) is 0 Å². The highest BCUT2D eigenvalue weighted by Gasteiger charge is 2.38. The number of hydrogen-bond acceptors (Lipinski definition) is 4. The highest BCUT2D eigenvalue weighted by atomic mass is 32.1. The van der Waals surface area contributed by atoms with Gasteiger partial charge in [-0.3, -0.25) is 14.5 Å². The first-order chi connectivity index (χ1) is 9.56. The van der Waals surface area contributed by atoms with Gasteiger partial charge in [0.25, 0.3) is 0 Å². The van der Waals surface area contributed by atoms with Gasteiger partial charge < -0.3 is 10.4 Å². The molecule has 1 amide bonds. The number of carboxylic acids is 1. The first-order valence-electron chi connectivity index (χ1n) is 6.88. The molecule has 2 rings (SSSR count). The number of carbonyl (C=O) groups excluding carboxylic acids is 1. The fraction of sp³-hybridized carbons (Fsp3) is 0.571. The molecule has 0 aliphatic carbocycles. The lowest BCUT2D eigenvalue weighted by atomic mass is 9.98. The summed E-state index contributed by atoms with van der Waals surface area (Å²) in [4.78, 5) is 26.6. The average molecular weight is 296 g/mol. The summed E-state index contributed by atoms with van der Waals surface area (Å²) in [6.07, 6.45) is 1.68. The quantitative estimate of drug-likeness (QED) is 0.867. The molecule has 0 saturated heterocycles. The molecular formula is C14H20N2O3S. The second-order valence-corrected chi connectivity index (χ2v) is 6.00. The Kier molecular flexibility index (Phi) is 4.77. The standard InChI is InChI=1S/C14H20N2O3S/c1-3-6-15-13(17)9(2)16-7-4-11-10(5-8-20-11)12(16)14(18)19/h5,8-9,12H,3-4,6-7H2,1-2H3,(H,15,17)(H,18,19). The largest absolute Gasteiger partial charge is 0.480 e. The van der Waals surface area contributed by atoms with Crippen LogP contribution < -0.4 is 5.32 Å². The Morgan fingerprint density at radius 3 is 3.00 bits per heavy atom. The normalized spacial score (nSPS) is 20.2. The number of nitrogens with one attached hydrogen (secondary N) is 1. The lowest BCUT2D eigenvalue weighted by molar-refractivity contribution is -0.146. The Balaban J connectivity index is 2.19. The topological polar surface area (TPSA) is 69.6 Å².